The molecule has 2 aromatic heterocycles. The van der Waals surface area contributed by atoms with Gasteiger partial charge in [0.25, 0.3) is 0 Å². The number of hydrogen-bond acceptors (Lipinski definition) is 5. The molecule has 0 aliphatic rings. The number of thiazole rings is 2. The van der Waals surface area contributed by atoms with Gasteiger partial charge in [-0.05, 0) is 12.1 Å². The average Bonchev–Trinajstić information content (AvgIpc) is 2.97. The van der Waals surface area contributed by atoms with E-state index in [1.54, 1.807) is 24.6 Å². The van der Waals surface area contributed by atoms with Gasteiger partial charge in [-0.2, -0.15) is 0 Å². The van der Waals surface area contributed by atoms with Crippen molar-refractivity contribution in [2.75, 3.05) is 7.11 Å². The summed E-state index contributed by atoms with van der Waals surface area (Å²) < 4.78 is 6.51. The lowest BCUT2D eigenvalue weighted by atomic mass is 10.2. The summed E-state index contributed by atoms with van der Waals surface area (Å²) in [6.45, 7) is 0. The lowest BCUT2D eigenvalue weighted by Gasteiger charge is -2.06. The number of ether oxygens (including phenoxy) is 1. The maximum Gasteiger partial charge on any atom is 0.156 e. The van der Waals surface area contributed by atoms with E-state index in [-0.39, 0.29) is 0 Å². The van der Waals surface area contributed by atoms with Crippen molar-refractivity contribution in [2.45, 2.75) is 0 Å². The van der Waals surface area contributed by atoms with Gasteiger partial charge >= 0.3 is 0 Å². The van der Waals surface area contributed by atoms with Crippen molar-refractivity contribution < 1.29 is 4.74 Å². The molecule has 0 N–H and O–H groups in total. The van der Waals surface area contributed by atoms with Gasteiger partial charge in [0.05, 0.1) is 17.4 Å². The topological polar surface area (TPSA) is 35.0 Å². The maximum atomic E-state index is 5.43. The minimum Gasteiger partial charge on any atom is -0.494 e. The summed E-state index contributed by atoms with van der Waals surface area (Å²) in [7, 11) is 1.66. The van der Waals surface area contributed by atoms with Crippen LogP contribution in [-0.4, -0.2) is 17.1 Å². The van der Waals surface area contributed by atoms with Crippen molar-refractivity contribution in [3.8, 4) is 16.3 Å². The van der Waals surface area contributed by atoms with Crippen LogP contribution in [0.3, 0.4) is 0 Å². The molecule has 1 radical (unpaired) electrons. The van der Waals surface area contributed by atoms with Crippen LogP contribution in [0.5, 0.6) is 5.75 Å². The first-order chi connectivity index (χ1) is 7.90. The Bertz CT molecular complexity index is 616. The highest BCUT2D eigenvalue weighted by atomic mass is 32.1. The molecule has 0 bridgehead atoms. The summed E-state index contributed by atoms with van der Waals surface area (Å²) in [5.74, 6) is 0.782. The van der Waals surface area contributed by atoms with E-state index in [4.69, 9.17) is 4.74 Å². The predicted octanol–water partition coefficient (Wildman–Crippen LogP) is 3.23. The van der Waals surface area contributed by atoms with Gasteiger partial charge < -0.3 is 4.74 Å². The van der Waals surface area contributed by atoms with Crippen LogP contribution in [0.25, 0.3) is 20.8 Å². The van der Waals surface area contributed by atoms with Gasteiger partial charge in [-0.3, -0.25) is 0 Å². The number of hydrogen-bond donors (Lipinski definition) is 0. The van der Waals surface area contributed by atoms with Gasteiger partial charge in [0, 0.05) is 11.6 Å². The Balaban J connectivity index is 2.32. The molecule has 1 aromatic carbocycles. The number of aromatic nitrogens is 2. The zero-order chi connectivity index (χ0) is 11.0. The third-order valence-corrected chi connectivity index (χ3v) is 3.81. The van der Waals surface area contributed by atoms with Gasteiger partial charge in [-0.15, -0.1) is 22.7 Å². The minimum absolute atomic E-state index is 0.782. The third-order valence-electron chi connectivity index (χ3n) is 2.27. The van der Waals surface area contributed by atoms with Gasteiger partial charge in [0.1, 0.15) is 10.5 Å². The van der Waals surface area contributed by atoms with E-state index in [9.17, 15) is 0 Å². The molecular weight excluding hydrogens is 240 g/mol. The van der Waals surface area contributed by atoms with E-state index in [1.165, 1.54) is 11.3 Å². The molecule has 0 amide bonds. The number of nitrogens with zero attached hydrogens (tertiary/aromatic N) is 2. The molecule has 0 aliphatic heterocycles. The Kier molecular flexibility index (Phi) is 2.34. The maximum absolute atomic E-state index is 5.43. The van der Waals surface area contributed by atoms with E-state index in [0.717, 1.165) is 26.5 Å². The predicted molar refractivity (Wildman–Crippen MR) is 66.1 cm³/mol. The molecular formula is C11H7N2OS2. The molecule has 0 unspecified atom stereocenters. The second kappa shape index (κ2) is 3.84. The summed E-state index contributed by atoms with van der Waals surface area (Å²) in [6.07, 6.45) is 1.79. The summed E-state index contributed by atoms with van der Waals surface area (Å²) in [4.78, 5) is 8.50. The molecule has 0 fully saturated rings. The molecule has 79 valence electrons. The molecule has 0 saturated carbocycles. The van der Waals surface area contributed by atoms with Crippen LogP contribution in [0, 0.1) is 5.51 Å². The lowest BCUT2D eigenvalue weighted by Crippen LogP contribution is -1.88. The Morgan fingerprint density at radius 1 is 1.38 bits per heavy atom. The normalized spacial score (nSPS) is 10.8. The molecule has 2 heterocycles. The number of methoxy groups -OCH3 is 1. The first-order valence-corrected chi connectivity index (χ1v) is 6.33. The minimum atomic E-state index is 0.782. The standard InChI is InChI=1S/C11H7N2OS2/c1-14-10-7(11-12-4-5-15-11)2-3-8-9(10)13-6-16-8/h2-5H,1H3. The molecule has 0 saturated heterocycles. The van der Waals surface area contributed by atoms with Crippen LogP contribution in [0.4, 0.5) is 0 Å². The number of benzene rings is 1. The monoisotopic (exact) mass is 247 g/mol. The SMILES string of the molecule is COc1c(-c2nccs2)ccc2s[c]nc12. The Morgan fingerprint density at radius 3 is 3.06 bits per heavy atom. The fraction of sp³-hybridized carbons (Fsp3) is 0.0909. The second-order valence-electron chi connectivity index (χ2n) is 3.14. The van der Waals surface area contributed by atoms with Crippen LogP contribution in [-0.2, 0) is 0 Å². The Morgan fingerprint density at radius 2 is 2.31 bits per heavy atom. The lowest BCUT2D eigenvalue weighted by molar-refractivity contribution is 0.420. The summed E-state index contributed by atoms with van der Waals surface area (Å²) in [5.41, 5.74) is 4.73. The highest BCUT2D eigenvalue weighted by molar-refractivity contribution is 7.16. The molecule has 0 atom stereocenters. The van der Waals surface area contributed by atoms with Crippen molar-refractivity contribution >= 4 is 32.9 Å². The van der Waals surface area contributed by atoms with Crippen molar-refractivity contribution in [1.82, 2.24) is 9.97 Å². The van der Waals surface area contributed by atoms with Gasteiger partial charge in [-0.1, -0.05) is 0 Å². The Hall–Kier alpha value is -1.46. The van der Waals surface area contributed by atoms with Crippen LogP contribution >= 0.6 is 22.7 Å². The fourth-order valence-corrected chi connectivity index (χ4v) is 2.86. The van der Waals surface area contributed by atoms with Gasteiger partial charge in [0.2, 0.25) is 0 Å². The molecule has 3 aromatic rings. The van der Waals surface area contributed by atoms with Crippen molar-refractivity contribution in [3.63, 3.8) is 0 Å². The van der Waals surface area contributed by atoms with Crippen LogP contribution < -0.4 is 4.74 Å². The van der Waals surface area contributed by atoms with Crippen molar-refractivity contribution in [1.29, 1.82) is 0 Å². The smallest absolute Gasteiger partial charge is 0.156 e. The van der Waals surface area contributed by atoms with E-state index in [2.05, 4.69) is 15.5 Å². The summed E-state index contributed by atoms with van der Waals surface area (Å²) in [6, 6.07) is 4.05. The van der Waals surface area contributed by atoms with E-state index in [0.29, 0.717) is 0 Å². The van der Waals surface area contributed by atoms with Crippen LogP contribution in [0.2, 0.25) is 0 Å². The fourth-order valence-electron chi connectivity index (χ4n) is 1.59. The highest BCUT2D eigenvalue weighted by Gasteiger charge is 2.13. The first-order valence-electron chi connectivity index (χ1n) is 4.63. The molecule has 3 rings (SSSR count). The largest absolute Gasteiger partial charge is 0.494 e. The molecule has 0 spiro atoms. The third kappa shape index (κ3) is 1.40. The quantitative estimate of drug-likeness (QED) is 0.697. The summed E-state index contributed by atoms with van der Waals surface area (Å²) in [5, 5.41) is 2.90. The first kappa shape index (κ1) is 9.74. The van der Waals surface area contributed by atoms with Crippen molar-refractivity contribution in [3.05, 3.63) is 29.2 Å². The van der Waals surface area contributed by atoms with Gasteiger partial charge in [0.15, 0.2) is 11.3 Å². The number of rotatable bonds is 2. The van der Waals surface area contributed by atoms with E-state index >= 15 is 0 Å². The number of fused-ring (bicyclic) bond motifs is 1. The zero-order valence-electron chi connectivity index (χ0n) is 8.43. The van der Waals surface area contributed by atoms with Crippen LogP contribution in [0.15, 0.2) is 23.7 Å². The zero-order valence-corrected chi connectivity index (χ0v) is 10.1. The van der Waals surface area contributed by atoms with Crippen molar-refractivity contribution in [2.24, 2.45) is 0 Å². The molecule has 3 nitrogen and oxygen atoms in total. The van der Waals surface area contributed by atoms with Gasteiger partial charge in [-0.25, -0.2) is 9.97 Å². The molecule has 0 aliphatic carbocycles. The average molecular weight is 247 g/mol. The Labute approximate surface area is 100 Å². The highest BCUT2D eigenvalue weighted by Crippen LogP contribution is 2.37. The van der Waals surface area contributed by atoms with E-state index < -0.39 is 0 Å². The van der Waals surface area contributed by atoms with E-state index in [1.807, 2.05) is 17.5 Å². The molecule has 16 heavy (non-hydrogen) atoms. The molecule has 5 heteroatoms. The van der Waals surface area contributed by atoms with Crippen LogP contribution in [0.1, 0.15) is 0 Å². The second-order valence-corrected chi connectivity index (χ2v) is 4.86. The summed E-state index contributed by atoms with van der Waals surface area (Å²) >= 11 is 3.08.